The van der Waals surface area contributed by atoms with Crippen molar-refractivity contribution in [2.24, 2.45) is 0 Å². The van der Waals surface area contributed by atoms with Gasteiger partial charge in [0.1, 0.15) is 0 Å². The molecule has 1 atom stereocenters. The summed E-state index contributed by atoms with van der Waals surface area (Å²) in [4.78, 5) is 14.4. The minimum atomic E-state index is 0.125. The Bertz CT molecular complexity index is 408. The summed E-state index contributed by atoms with van der Waals surface area (Å²) in [6, 6.07) is 7.83. The van der Waals surface area contributed by atoms with Gasteiger partial charge in [-0.3, -0.25) is 9.69 Å². The van der Waals surface area contributed by atoms with E-state index in [4.69, 9.17) is 9.47 Å². The van der Waals surface area contributed by atoms with Crippen molar-refractivity contribution in [2.75, 3.05) is 40.5 Å². The van der Waals surface area contributed by atoms with Gasteiger partial charge in [-0.25, -0.2) is 0 Å². The van der Waals surface area contributed by atoms with E-state index in [9.17, 15) is 4.79 Å². The molecule has 0 fully saturated rings. The Balaban J connectivity index is 2.67. The number of carbonyl (C=O) groups is 1. The normalized spacial score (nSPS) is 12.7. The zero-order valence-corrected chi connectivity index (χ0v) is 14.4. The molecule has 0 aliphatic rings. The zero-order valence-electron chi connectivity index (χ0n) is 12.3. The van der Waals surface area contributed by atoms with E-state index in [0.29, 0.717) is 19.8 Å². The fourth-order valence-corrected chi connectivity index (χ4v) is 2.28. The summed E-state index contributed by atoms with van der Waals surface area (Å²) in [5.41, 5.74) is 0.748. The summed E-state index contributed by atoms with van der Waals surface area (Å²) in [6.07, 6.45) is 0. The molecular formula is C15H22INO3. The van der Waals surface area contributed by atoms with E-state index < -0.39 is 0 Å². The molecule has 4 nitrogen and oxygen atoms in total. The van der Waals surface area contributed by atoms with Gasteiger partial charge in [-0.05, 0) is 41.6 Å². The van der Waals surface area contributed by atoms with Gasteiger partial charge in [0, 0.05) is 35.9 Å². The maximum atomic E-state index is 12.3. The van der Waals surface area contributed by atoms with Gasteiger partial charge in [0.25, 0.3) is 0 Å². The second-order valence-electron chi connectivity index (χ2n) is 4.70. The summed E-state index contributed by atoms with van der Waals surface area (Å²) in [6.45, 7) is 4.36. The monoisotopic (exact) mass is 391 g/mol. The number of ketones is 1. The molecule has 112 valence electrons. The van der Waals surface area contributed by atoms with Crippen LogP contribution in [0.3, 0.4) is 0 Å². The van der Waals surface area contributed by atoms with Crippen LogP contribution in [-0.2, 0) is 9.47 Å². The van der Waals surface area contributed by atoms with E-state index in [1.807, 2.05) is 24.3 Å². The summed E-state index contributed by atoms with van der Waals surface area (Å²) in [7, 11) is 3.34. The molecule has 0 heterocycles. The van der Waals surface area contributed by atoms with E-state index in [-0.39, 0.29) is 11.8 Å². The molecule has 0 saturated heterocycles. The standard InChI is InChI=1S/C15H22INO3/c1-12(11-20-3)17(8-9-19-2)10-15(18)13-4-6-14(16)7-5-13/h4-7,12H,8-11H2,1-3H3. The third kappa shape index (κ3) is 5.87. The van der Waals surface area contributed by atoms with E-state index in [1.165, 1.54) is 0 Å². The molecule has 1 rings (SSSR count). The van der Waals surface area contributed by atoms with Crippen LogP contribution in [0.2, 0.25) is 0 Å². The van der Waals surface area contributed by atoms with Gasteiger partial charge in [0.2, 0.25) is 0 Å². The lowest BCUT2D eigenvalue weighted by atomic mass is 10.1. The molecular weight excluding hydrogens is 369 g/mol. The highest BCUT2D eigenvalue weighted by Gasteiger charge is 2.18. The average molecular weight is 391 g/mol. The number of halogens is 1. The first-order valence-corrected chi connectivity index (χ1v) is 7.67. The highest BCUT2D eigenvalue weighted by Crippen LogP contribution is 2.09. The second kappa shape index (κ2) is 9.44. The van der Waals surface area contributed by atoms with E-state index in [1.54, 1.807) is 14.2 Å². The van der Waals surface area contributed by atoms with Gasteiger partial charge >= 0.3 is 0 Å². The number of nitrogens with zero attached hydrogens (tertiary/aromatic N) is 1. The molecule has 1 aromatic rings. The number of hydrogen-bond acceptors (Lipinski definition) is 4. The summed E-state index contributed by atoms with van der Waals surface area (Å²) in [5.74, 6) is 0.125. The first-order valence-electron chi connectivity index (χ1n) is 6.59. The quantitative estimate of drug-likeness (QED) is 0.479. The van der Waals surface area contributed by atoms with Gasteiger partial charge in [-0.2, -0.15) is 0 Å². The van der Waals surface area contributed by atoms with Crippen LogP contribution in [0.5, 0.6) is 0 Å². The number of Topliss-reactive ketones (excluding diaryl/α,β-unsaturated/α-hetero) is 1. The Labute approximate surface area is 134 Å². The zero-order chi connectivity index (χ0) is 15.0. The molecule has 20 heavy (non-hydrogen) atoms. The third-order valence-corrected chi connectivity index (χ3v) is 3.85. The summed E-state index contributed by atoms with van der Waals surface area (Å²) >= 11 is 2.23. The van der Waals surface area contributed by atoms with Gasteiger partial charge in [0.15, 0.2) is 5.78 Å². The van der Waals surface area contributed by atoms with Crippen molar-refractivity contribution in [3.8, 4) is 0 Å². The van der Waals surface area contributed by atoms with Gasteiger partial charge in [-0.15, -0.1) is 0 Å². The van der Waals surface area contributed by atoms with Crippen LogP contribution in [0, 0.1) is 3.57 Å². The largest absolute Gasteiger partial charge is 0.383 e. The van der Waals surface area contributed by atoms with Crippen molar-refractivity contribution in [1.29, 1.82) is 0 Å². The number of carbonyl (C=O) groups excluding carboxylic acids is 1. The maximum Gasteiger partial charge on any atom is 0.176 e. The molecule has 0 aromatic heterocycles. The molecule has 5 heteroatoms. The average Bonchev–Trinajstić information content (AvgIpc) is 2.44. The van der Waals surface area contributed by atoms with Crippen LogP contribution in [-0.4, -0.2) is 57.2 Å². The number of methoxy groups -OCH3 is 2. The lowest BCUT2D eigenvalue weighted by Crippen LogP contribution is -2.41. The maximum absolute atomic E-state index is 12.3. The Morgan fingerprint density at radius 2 is 1.90 bits per heavy atom. The number of benzene rings is 1. The minimum absolute atomic E-state index is 0.125. The van der Waals surface area contributed by atoms with Crippen LogP contribution < -0.4 is 0 Å². The molecule has 0 N–H and O–H groups in total. The van der Waals surface area contributed by atoms with Crippen molar-refractivity contribution >= 4 is 28.4 Å². The van der Waals surface area contributed by atoms with Crippen LogP contribution in [0.4, 0.5) is 0 Å². The van der Waals surface area contributed by atoms with Crippen molar-refractivity contribution in [1.82, 2.24) is 4.90 Å². The summed E-state index contributed by atoms with van der Waals surface area (Å²) in [5, 5.41) is 0. The number of hydrogen-bond donors (Lipinski definition) is 0. The highest BCUT2D eigenvalue weighted by atomic mass is 127. The minimum Gasteiger partial charge on any atom is -0.383 e. The fourth-order valence-electron chi connectivity index (χ4n) is 1.92. The Morgan fingerprint density at radius 1 is 1.25 bits per heavy atom. The lowest BCUT2D eigenvalue weighted by molar-refractivity contribution is 0.0651. The first kappa shape index (κ1) is 17.6. The first-order chi connectivity index (χ1) is 9.58. The van der Waals surface area contributed by atoms with E-state index in [2.05, 4.69) is 34.4 Å². The molecule has 0 aliphatic heterocycles. The Hall–Kier alpha value is -0.500. The molecule has 0 spiro atoms. The van der Waals surface area contributed by atoms with E-state index in [0.717, 1.165) is 15.7 Å². The molecule has 0 aliphatic carbocycles. The predicted molar refractivity (Wildman–Crippen MR) is 88.3 cm³/mol. The van der Waals surface area contributed by atoms with Gasteiger partial charge < -0.3 is 9.47 Å². The smallest absolute Gasteiger partial charge is 0.176 e. The molecule has 0 radical (unpaired) electrons. The molecule has 1 unspecified atom stereocenters. The molecule has 0 amide bonds. The van der Waals surface area contributed by atoms with Crippen molar-refractivity contribution in [3.05, 3.63) is 33.4 Å². The fraction of sp³-hybridized carbons (Fsp3) is 0.533. The van der Waals surface area contributed by atoms with Gasteiger partial charge in [0.05, 0.1) is 19.8 Å². The molecule has 0 saturated carbocycles. The second-order valence-corrected chi connectivity index (χ2v) is 5.94. The number of rotatable bonds is 9. The van der Waals surface area contributed by atoms with Crippen molar-refractivity contribution < 1.29 is 14.3 Å². The molecule has 1 aromatic carbocycles. The van der Waals surface area contributed by atoms with Crippen molar-refractivity contribution in [2.45, 2.75) is 13.0 Å². The summed E-state index contributed by atoms with van der Waals surface area (Å²) < 4.78 is 11.4. The number of ether oxygens (including phenoxy) is 2. The Kier molecular flexibility index (Phi) is 8.28. The van der Waals surface area contributed by atoms with Crippen LogP contribution in [0.25, 0.3) is 0 Å². The SMILES string of the molecule is COCCN(CC(=O)c1ccc(I)cc1)C(C)COC. The lowest BCUT2D eigenvalue weighted by Gasteiger charge is -2.27. The van der Waals surface area contributed by atoms with Crippen LogP contribution in [0.15, 0.2) is 24.3 Å². The highest BCUT2D eigenvalue weighted by molar-refractivity contribution is 14.1. The Morgan fingerprint density at radius 3 is 2.45 bits per heavy atom. The molecule has 0 bridgehead atoms. The van der Waals surface area contributed by atoms with Crippen LogP contribution >= 0.6 is 22.6 Å². The van der Waals surface area contributed by atoms with E-state index >= 15 is 0 Å². The topological polar surface area (TPSA) is 38.8 Å². The third-order valence-electron chi connectivity index (χ3n) is 3.13. The van der Waals surface area contributed by atoms with Crippen molar-refractivity contribution in [3.63, 3.8) is 0 Å². The van der Waals surface area contributed by atoms with Crippen LogP contribution in [0.1, 0.15) is 17.3 Å². The van der Waals surface area contributed by atoms with Gasteiger partial charge in [-0.1, -0.05) is 12.1 Å². The predicted octanol–water partition coefficient (Wildman–Crippen LogP) is 2.46.